The normalized spacial score (nSPS) is 10.1. The second kappa shape index (κ2) is 7.33. The summed E-state index contributed by atoms with van der Waals surface area (Å²) >= 11 is 0. The monoisotopic (exact) mass is 284 g/mol. The molecule has 0 heterocycles. The van der Waals surface area contributed by atoms with Gasteiger partial charge in [0.05, 0.1) is 13.0 Å². The van der Waals surface area contributed by atoms with Crippen LogP contribution in [0.25, 0.3) is 0 Å². The van der Waals surface area contributed by atoms with E-state index < -0.39 is 0 Å². The van der Waals surface area contributed by atoms with Crippen LogP contribution < -0.4 is 15.8 Å². The second-order valence-corrected chi connectivity index (χ2v) is 4.77. The fourth-order valence-electron chi connectivity index (χ4n) is 1.87. The molecule has 0 aliphatic heterocycles. The minimum Gasteiger partial charge on any atom is -0.493 e. The van der Waals surface area contributed by atoms with Crippen molar-refractivity contribution in [1.29, 1.82) is 0 Å². The Bertz CT molecular complexity index is 577. The molecular weight excluding hydrogens is 264 g/mol. The number of carbonyl (C=O) groups is 1. The van der Waals surface area contributed by atoms with Gasteiger partial charge in [-0.25, -0.2) is 0 Å². The molecule has 0 aromatic heterocycles. The summed E-state index contributed by atoms with van der Waals surface area (Å²) in [6, 6.07) is 15.0. The second-order valence-electron chi connectivity index (χ2n) is 4.77. The van der Waals surface area contributed by atoms with Crippen LogP contribution in [-0.2, 0) is 11.2 Å². The summed E-state index contributed by atoms with van der Waals surface area (Å²) in [6.45, 7) is 2.46. The summed E-state index contributed by atoms with van der Waals surface area (Å²) < 4.78 is 5.55. The van der Waals surface area contributed by atoms with Crippen LogP contribution in [-0.4, -0.2) is 12.5 Å². The van der Waals surface area contributed by atoms with E-state index in [-0.39, 0.29) is 5.91 Å². The number of amides is 1. The summed E-state index contributed by atoms with van der Waals surface area (Å²) in [6.07, 6.45) is 1.31. The van der Waals surface area contributed by atoms with Gasteiger partial charge in [0.1, 0.15) is 5.75 Å². The summed E-state index contributed by atoms with van der Waals surface area (Å²) in [5, 5.41) is 2.80. The molecule has 0 radical (unpaired) electrons. The predicted molar refractivity (Wildman–Crippen MR) is 85.4 cm³/mol. The van der Waals surface area contributed by atoms with Crippen molar-refractivity contribution in [2.24, 2.45) is 0 Å². The van der Waals surface area contributed by atoms with Crippen molar-refractivity contribution in [3.8, 4) is 5.75 Å². The molecule has 0 fully saturated rings. The van der Waals surface area contributed by atoms with Crippen LogP contribution in [0.3, 0.4) is 0 Å². The lowest BCUT2D eigenvalue weighted by Crippen LogP contribution is -2.15. The quantitative estimate of drug-likeness (QED) is 0.800. The van der Waals surface area contributed by atoms with E-state index in [1.165, 1.54) is 5.56 Å². The van der Waals surface area contributed by atoms with Crippen LogP contribution in [0, 0.1) is 0 Å². The first kappa shape index (κ1) is 14.9. The number of nitrogens with one attached hydrogen (secondary N) is 1. The third-order valence-corrected chi connectivity index (χ3v) is 3.12. The molecule has 0 aliphatic rings. The highest BCUT2D eigenvalue weighted by Gasteiger charge is 2.03. The van der Waals surface area contributed by atoms with Crippen molar-refractivity contribution >= 4 is 17.3 Å². The molecule has 0 bridgehead atoms. The largest absolute Gasteiger partial charge is 0.493 e. The van der Waals surface area contributed by atoms with Crippen molar-refractivity contribution in [3.63, 3.8) is 0 Å². The number of rotatable bonds is 6. The summed E-state index contributed by atoms with van der Waals surface area (Å²) in [4.78, 5) is 11.8. The van der Waals surface area contributed by atoms with Crippen LogP contribution in [0.5, 0.6) is 5.75 Å². The summed E-state index contributed by atoms with van der Waals surface area (Å²) in [5.74, 6) is 0.706. The molecule has 0 saturated heterocycles. The van der Waals surface area contributed by atoms with E-state index >= 15 is 0 Å². The predicted octanol–water partition coefficient (Wildman–Crippen LogP) is 3.24. The van der Waals surface area contributed by atoms with E-state index in [0.717, 1.165) is 17.9 Å². The average molecular weight is 284 g/mol. The van der Waals surface area contributed by atoms with Crippen molar-refractivity contribution in [3.05, 3.63) is 54.1 Å². The number of aryl methyl sites for hydroxylation is 1. The number of benzene rings is 2. The minimum absolute atomic E-state index is 0.0788. The van der Waals surface area contributed by atoms with Gasteiger partial charge in [-0.2, -0.15) is 0 Å². The zero-order chi connectivity index (χ0) is 15.1. The Balaban J connectivity index is 1.74. The Labute approximate surface area is 124 Å². The standard InChI is InChI=1S/C17H20N2O2/c1-2-13-3-9-16(10-4-13)21-12-11-17(20)19-15-7-5-14(18)6-8-15/h3-10H,2,11-12,18H2,1H3,(H,19,20). The van der Waals surface area contributed by atoms with Gasteiger partial charge in [0.2, 0.25) is 5.91 Å². The van der Waals surface area contributed by atoms with E-state index in [1.54, 1.807) is 24.3 Å². The number of nitrogen functional groups attached to an aromatic ring is 1. The molecule has 2 rings (SSSR count). The molecule has 0 unspecified atom stereocenters. The first-order chi connectivity index (χ1) is 10.2. The lowest BCUT2D eigenvalue weighted by Gasteiger charge is -2.08. The van der Waals surface area contributed by atoms with Crippen molar-refractivity contribution in [1.82, 2.24) is 0 Å². The van der Waals surface area contributed by atoms with Crippen molar-refractivity contribution < 1.29 is 9.53 Å². The third kappa shape index (κ3) is 4.84. The van der Waals surface area contributed by atoms with Gasteiger partial charge >= 0.3 is 0 Å². The summed E-state index contributed by atoms with van der Waals surface area (Å²) in [7, 11) is 0. The Hall–Kier alpha value is -2.49. The minimum atomic E-state index is -0.0788. The topological polar surface area (TPSA) is 64.3 Å². The fourth-order valence-corrected chi connectivity index (χ4v) is 1.87. The molecule has 0 spiro atoms. The molecule has 0 aliphatic carbocycles. The molecule has 2 aromatic carbocycles. The van der Waals surface area contributed by atoms with Gasteiger partial charge in [-0.05, 0) is 48.4 Å². The van der Waals surface area contributed by atoms with Crippen LogP contribution in [0.1, 0.15) is 18.9 Å². The number of hydrogen-bond acceptors (Lipinski definition) is 3. The van der Waals surface area contributed by atoms with E-state index in [4.69, 9.17) is 10.5 Å². The van der Waals surface area contributed by atoms with Crippen molar-refractivity contribution in [2.45, 2.75) is 19.8 Å². The van der Waals surface area contributed by atoms with E-state index in [1.807, 2.05) is 24.3 Å². The van der Waals surface area contributed by atoms with Crippen LogP contribution in [0.2, 0.25) is 0 Å². The number of anilines is 2. The van der Waals surface area contributed by atoms with Crippen LogP contribution >= 0.6 is 0 Å². The van der Waals surface area contributed by atoms with Gasteiger partial charge in [0.15, 0.2) is 0 Å². The molecule has 1 amide bonds. The molecular formula is C17H20N2O2. The molecule has 0 atom stereocenters. The number of nitrogens with two attached hydrogens (primary N) is 1. The highest BCUT2D eigenvalue weighted by atomic mass is 16.5. The van der Waals surface area contributed by atoms with E-state index in [2.05, 4.69) is 12.2 Å². The Morgan fingerprint density at radius 1 is 1.10 bits per heavy atom. The highest BCUT2D eigenvalue weighted by molar-refractivity contribution is 5.90. The van der Waals surface area contributed by atoms with Crippen LogP contribution in [0.15, 0.2) is 48.5 Å². The average Bonchev–Trinajstić information content (AvgIpc) is 2.50. The maximum Gasteiger partial charge on any atom is 0.227 e. The van der Waals surface area contributed by atoms with Gasteiger partial charge in [0.25, 0.3) is 0 Å². The first-order valence-electron chi connectivity index (χ1n) is 7.04. The number of ether oxygens (including phenoxy) is 1. The zero-order valence-corrected chi connectivity index (χ0v) is 12.1. The lowest BCUT2D eigenvalue weighted by atomic mass is 10.2. The smallest absolute Gasteiger partial charge is 0.227 e. The first-order valence-corrected chi connectivity index (χ1v) is 7.04. The molecule has 110 valence electrons. The molecule has 3 N–H and O–H groups in total. The van der Waals surface area contributed by atoms with Gasteiger partial charge in [-0.15, -0.1) is 0 Å². The van der Waals surface area contributed by atoms with E-state index in [0.29, 0.717) is 18.7 Å². The molecule has 4 heteroatoms. The van der Waals surface area contributed by atoms with Gasteiger partial charge in [0, 0.05) is 11.4 Å². The highest BCUT2D eigenvalue weighted by Crippen LogP contribution is 2.13. The van der Waals surface area contributed by atoms with Gasteiger partial charge in [-0.1, -0.05) is 19.1 Å². The lowest BCUT2D eigenvalue weighted by molar-refractivity contribution is -0.116. The number of carbonyl (C=O) groups excluding carboxylic acids is 1. The molecule has 0 saturated carbocycles. The maximum atomic E-state index is 11.8. The SMILES string of the molecule is CCc1ccc(OCCC(=O)Nc2ccc(N)cc2)cc1. The molecule has 21 heavy (non-hydrogen) atoms. The number of hydrogen-bond donors (Lipinski definition) is 2. The van der Waals surface area contributed by atoms with Gasteiger partial charge < -0.3 is 15.8 Å². The van der Waals surface area contributed by atoms with Gasteiger partial charge in [-0.3, -0.25) is 4.79 Å². The molecule has 4 nitrogen and oxygen atoms in total. The summed E-state index contributed by atoms with van der Waals surface area (Å²) in [5.41, 5.74) is 8.27. The third-order valence-electron chi connectivity index (χ3n) is 3.12. The zero-order valence-electron chi connectivity index (χ0n) is 12.1. The van der Waals surface area contributed by atoms with E-state index in [9.17, 15) is 4.79 Å². The van der Waals surface area contributed by atoms with Crippen molar-refractivity contribution in [2.75, 3.05) is 17.7 Å². The Kier molecular flexibility index (Phi) is 5.21. The fraction of sp³-hybridized carbons (Fsp3) is 0.235. The maximum absolute atomic E-state index is 11.8. The van der Waals surface area contributed by atoms with Crippen LogP contribution in [0.4, 0.5) is 11.4 Å². The Morgan fingerprint density at radius 3 is 2.38 bits per heavy atom. The molecule has 2 aromatic rings. The Morgan fingerprint density at radius 2 is 1.76 bits per heavy atom.